The van der Waals surface area contributed by atoms with E-state index in [1.807, 2.05) is 0 Å². The lowest BCUT2D eigenvalue weighted by Crippen LogP contribution is -2.30. The third kappa shape index (κ3) is 3.68. The molecule has 2 N–H and O–H groups in total. The van der Waals surface area contributed by atoms with E-state index in [-0.39, 0.29) is 4.90 Å². The molecule has 1 aliphatic rings. The first-order chi connectivity index (χ1) is 8.58. The fraction of sp³-hybridized carbons (Fsp3) is 0.500. The zero-order chi connectivity index (χ0) is 13.0. The number of benzene rings is 1. The van der Waals surface area contributed by atoms with Gasteiger partial charge in [-0.25, -0.2) is 13.1 Å². The van der Waals surface area contributed by atoms with Gasteiger partial charge in [-0.2, -0.15) is 0 Å². The monoisotopic (exact) mass is 288 g/mol. The molecule has 0 spiro atoms. The molecule has 0 amide bonds. The lowest BCUT2D eigenvalue weighted by Gasteiger charge is -2.11. The molecule has 0 aromatic heterocycles. The molecule has 0 saturated carbocycles. The van der Waals surface area contributed by atoms with Gasteiger partial charge in [0.2, 0.25) is 10.0 Å². The molecule has 18 heavy (non-hydrogen) atoms. The molecular weight excluding hydrogens is 272 g/mol. The highest BCUT2D eigenvalue weighted by atomic mass is 35.5. The Kier molecular flexibility index (Phi) is 4.61. The molecule has 0 aliphatic carbocycles. The molecule has 1 aromatic rings. The number of sulfonamides is 1. The maximum absolute atomic E-state index is 11.9. The van der Waals surface area contributed by atoms with Crippen LogP contribution >= 0.6 is 11.6 Å². The van der Waals surface area contributed by atoms with Crippen molar-refractivity contribution in [3.8, 4) is 0 Å². The quantitative estimate of drug-likeness (QED) is 0.868. The Morgan fingerprint density at radius 2 is 2.06 bits per heavy atom. The van der Waals surface area contributed by atoms with E-state index in [4.69, 9.17) is 11.6 Å². The van der Waals surface area contributed by atoms with Crippen LogP contribution in [0.3, 0.4) is 0 Å². The second kappa shape index (κ2) is 6.02. The molecule has 1 saturated heterocycles. The normalized spacial score (nSPS) is 20.2. The Morgan fingerprint density at radius 3 is 2.67 bits per heavy atom. The summed E-state index contributed by atoms with van der Waals surface area (Å²) in [5.41, 5.74) is 0. The van der Waals surface area contributed by atoms with Gasteiger partial charge >= 0.3 is 0 Å². The van der Waals surface area contributed by atoms with Gasteiger partial charge in [0, 0.05) is 17.6 Å². The van der Waals surface area contributed by atoms with Crippen molar-refractivity contribution in [2.24, 2.45) is 0 Å². The molecule has 1 fully saturated rings. The molecule has 0 bridgehead atoms. The highest BCUT2D eigenvalue weighted by Crippen LogP contribution is 2.14. The van der Waals surface area contributed by atoms with E-state index < -0.39 is 10.0 Å². The highest BCUT2D eigenvalue weighted by molar-refractivity contribution is 7.89. The van der Waals surface area contributed by atoms with Gasteiger partial charge in [-0.15, -0.1) is 0 Å². The topological polar surface area (TPSA) is 58.2 Å². The molecule has 6 heteroatoms. The number of hydrogen-bond donors (Lipinski definition) is 2. The fourth-order valence-electron chi connectivity index (χ4n) is 2.07. The molecule has 2 rings (SSSR count). The second-order valence-electron chi connectivity index (χ2n) is 4.43. The third-order valence-corrected chi connectivity index (χ3v) is 4.80. The number of halogens is 1. The Labute approximate surface area is 113 Å². The Hall–Kier alpha value is -0.620. The minimum atomic E-state index is -3.41. The first kappa shape index (κ1) is 13.8. The van der Waals surface area contributed by atoms with Crippen LogP contribution in [0.2, 0.25) is 5.02 Å². The number of hydrogen-bond acceptors (Lipinski definition) is 3. The van der Waals surface area contributed by atoms with Crippen molar-refractivity contribution in [2.45, 2.75) is 30.2 Å². The van der Waals surface area contributed by atoms with Gasteiger partial charge in [0.25, 0.3) is 0 Å². The summed E-state index contributed by atoms with van der Waals surface area (Å²) in [6.07, 6.45) is 3.13. The smallest absolute Gasteiger partial charge is 0.240 e. The molecule has 1 atom stereocenters. The minimum Gasteiger partial charge on any atom is -0.314 e. The van der Waals surface area contributed by atoms with Crippen LogP contribution in [-0.2, 0) is 10.0 Å². The van der Waals surface area contributed by atoms with Crippen LogP contribution in [-0.4, -0.2) is 27.5 Å². The lowest BCUT2D eigenvalue weighted by molar-refractivity contribution is 0.539. The average Bonchev–Trinajstić information content (AvgIpc) is 2.82. The minimum absolute atomic E-state index is 0.256. The lowest BCUT2D eigenvalue weighted by atomic mass is 10.2. The third-order valence-electron chi connectivity index (χ3n) is 3.07. The maximum Gasteiger partial charge on any atom is 0.240 e. The van der Waals surface area contributed by atoms with Gasteiger partial charge in [0.15, 0.2) is 0 Å². The van der Waals surface area contributed by atoms with E-state index in [0.29, 0.717) is 17.6 Å². The molecule has 1 aromatic carbocycles. The summed E-state index contributed by atoms with van der Waals surface area (Å²) in [6.45, 7) is 1.50. The summed E-state index contributed by atoms with van der Waals surface area (Å²) < 4.78 is 26.5. The Morgan fingerprint density at radius 1 is 1.33 bits per heavy atom. The zero-order valence-corrected chi connectivity index (χ0v) is 11.6. The first-order valence-corrected chi connectivity index (χ1v) is 7.93. The summed E-state index contributed by atoms with van der Waals surface area (Å²) in [7, 11) is -3.41. The summed E-state index contributed by atoms with van der Waals surface area (Å²) in [5.74, 6) is 0. The maximum atomic E-state index is 11.9. The largest absolute Gasteiger partial charge is 0.314 e. The van der Waals surface area contributed by atoms with E-state index in [0.717, 1.165) is 19.4 Å². The van der Waals surface area contributed by atoms with Crippen LogP contribution in [0.15, 0.2) is 29.2 Å². The zero-order valence-electron chi connectivity index (χ0n) is 10.0. The molecule has 1 aliphatic heterocycles. The summed E-state index contributed by atoms with van der Waals surface area (Å²) in [6, 6.07) is 6.62. The van der Waals surface area contributed by atoms with Crippen LogP contribution in [0.1, 0.15) is 19.3 Å². The predicted molar refractivity (Wildman–Crippen MR) is 72.3 cm³/mol. The molecule has 100 valence electrons. The summed E-state index contributed by atoms with van der Waals surface area (Å²) in [5, 5.41) is 3.87. The molecule has 4 nitrogen and oxygen atoms in total. The van der Waals surface area contributed by atoms with Crippen LogP contribution < -0.4 is 10.0 Å². The predicted octanol–water partition coefficient (Wildman–Crippen LogP) is 1.76. The van der Waals surface area contributed by atoms with E-state index in [1.165, 1.54) is 18.6 Å². The molecular formula is C12H17ClN2O2S. The first-order valence-electron chi connectivity index (χ1n) is 6.06. The van der Waals surface area contributed by atoms with Crippen molar-refractivity contribution in [1.82, 2.24) is 10.0 Å². The standard InChI is InChI=1S/C12H17ClN2O2S/c13-10-3-5-12(6-4-10)18(16,17)15-9-7-11-2-1-8-14-11/h3-6,11,14-15H,1-2,7-9H2/t11-/m1/s1. The molecule has 1 heterocycles. The van der Waals surface area contributed by atoms with Crippen LogP contribution in [0.4, 0.5) is 0 Å². The summed E-state index contributed by atoms with van der Waals surface area (Å²) in [4.78, 5) is 0.256. The van der Waals surface area contributed by atoms with Gasteiger partial charge in [-0.05, 0) is 50.1 Å². The van der Waals surface area contributed by atoms with Crippen LogP contribution in [0.25, 0.3) is 0 Å². The van der Waals surface area contributed by atoms with Crippen molar-refractivity contribution in [3.05, 3.63) is 29.3 Å². The average molecular weight is 289 g/mol. The molecule has 0 radical (unpaired) electrons. The van der Waals surface area contributed by atoms with E-state index in [9.17, 15) is 8.42 Å². The van der Waals surface area contributed by atoms with Crippen LogP contribution in [0, 0.1) is 0 Å². The van der Waals surface area contributed by atoms with E-state index >= 15 is 0 Å². The Balaban J connectivity index is 1.88. The van der Waals surface area contributed by atoms with Crippen molar-refractivity contribution in [2.75, 3.05) is 13.1 Å². The van der Waals surface area contributed by atoms with E-state index in [2.05, 4.69) is 10.0 Å². The fourth-order valence-corrected chi connectivity index (χ4v) is 3.24. The summed E-state index contributed by atoms with van der Waals surface area (Å²) >= 11 is 5.73. The number of nitrogens with one attached hydrogen (secondary N) is 2. The SMILES string of the molecule is O=S(=O)(NCC[C@H]1CCCN1)c1ccc(Cl)cc1. The van der Waals surface area contributed by atoms with Gasteiger partial charge < -0.3 is 5.32 Å². The van der Waals surface area contributed by atoms with Crippen molar-refractivity contribution >= 4 is 21.6 Å². The molecule has 0 unspecified atom stereocenters. The van der Waals surface area contributed by atoms with Gasteiger partial charge in [-0.1, -0.05) is 11.6 Å². The van der Waals surface area contributed by atoms with Crippen molar-refractivity contribution in [1.29, 1.82) is 0 Å². The Bertz CT molecular complexity index is 481. The van der Waals surface area contributed by atoms with E-state index in [1.54, 1.807) is 12.1 Å². The second-order valence-corrected chi connectivity index (χ2v) is 6.64. The van der Waals surface area contributed by atoms with Crippen molar-refractivity contribution < 1.29 is 8.42 Å². The van der Waals surface area contributed by atoms with Gasteiger partial charge in [0.05, 0.1) is 4.90 Å². The van der Waals surface area contributed by atoms with Crippen molar-refractivity contribution in [3.63, 3.8) is 0 Å². The van der Waals surface area contributed by atoms with Crippen LogP contribution in [0.5, 0.6) is 0 Å². The highest BCUT2D eigenvalue weighted by Gasteiger charge is 2.16. The number of rotatable bonds is 5. The van der Waals surface area contributed by atoms with Gasteiger partial charge in [-0.3, -0.25) is 0 Å². The van der Waals surface area contributed by atoms with Gasteiger partial charge in [0.1, 0.15) is 0 Å².